The number of carbonyl (C=O) groups excluding carboxylic acids is 1. The van der Waals surface area contributed by atoms with Gasteiger partial charge in [0.1, 0.15) is 12.6 Å². The Morgan fingerprint density at radius 2 is 1.65 bits per heavy atom. The van der Waals surface area contributed by atoms with E-state index in [1.54, 1.807) is 0 Å². The van der Waals surface area contributed by atoms with Crippen LogP contribution in [0.1, 0.15) is 30.4 Å². The molecular weight excluding hydrogens is 330 g/mol. The molecule has 0 unspecified atom stereocenters. The summed E-state index contributed by atoms with van der Waals surface area (Å²) in [6.45, 7) is 2.49. The van der Waals surface area contributed by atoms with Crippen molar-refractivity contribution in [2.45, 2.75) is 25.3 Å². The SMILES string of the molecule is C[C@@H]1CCN(C(=O)OCC2c3ccccc3-c3ccccc32)[C@H]1C(=O)O. The molecule has 5 heteroatoms. The van der Waals surface area contributed by atoms with E-state index >= 15 is 0 Å². The van der Waals surface area contributed by atoms with Crippen molar-refractivity contribution in [1.29, 1.82) is 0 Å². The number of likely N-dealkylation sites (tertiary alicyclic amines) is 1. The summed E-state index contributed by atoms with van der Waals surface area (Å²) in [7, 11) is 0. The fraction of sp³-hybridized carbons (Fsp3) is 0.333. The Balaban J connectivity index is 1.53. The molecule has 0 spiro atoms. The molecule has 2 aromatic rings. The van der Waals surface area contributed by atoms with Crippen LogP contribution >= 0.6 is 0 Å². The third-order valence-corrected chi connectivity index (χ3v) is 5.52. The van der Waals surface area contributed by atoms with E-state index in [1.807, 2.05) is 31.2 Å². The van der Waals surface area contributed by atoms with Crippen molar-refractivity contribution in [3.8, 4) is 11.1 Å². The molecule has 1 amide bonds. The van der Waals surface area contributed by atoms with Crippen LogP contribution in [0.15, 0.2) is 48.5 Å². The number of amides is 1. The molecule has 134 valence electrons. The minimum atomic E-state index is -0.969. The second-order valence-corrected chi connectivity index (χ2v) is 7.05. The Hall–Kier alpha value is -2.82. The van der Waals surface area contributed by atoms with E-state index in [-0.39, 0.29) is 18.4 Å². The Bertz CT molecular complexity index is 817. The summed E-state index contributed by atoms with van der Waals surface area (Å²) in [6.07, 6.45) is 0.143. The second-order valence-electron chi connectivity index (χ2n) is 7.05. The number of benzene rings is 2. The van der Waals surface area contributed by atoms with Crippen LogP contribution in [0.25, 0.3) is 11.1 Å². The van der Waals surface area contributed by atoms with Crippen LogP contribution in [0.3, 0.4) is 0 Å². The number of ether oxygens (including phenoxy) is 1. The lowest BCUT2D eigenvalue weighted by atomic mass is 9.98. The molecular formula is C21H21NO4. The summed E-state index contributed by atoms with van der Waals surface area (Å²) in [4.78, 5) is 25.3. The number of hydrogen-bond acceptors (Lipinski definition) is 3. The topological polar surface area (TPSA) is 66.8 Å². The molecule has 26 heavy (non-hydrogen) atoms. The lowest BCUT2D eigenvalue weighted by Gasteiger charge is -2.24. The van der Waals surface area contributed by atoms with Gasteiger partial charge >= 0.3 is 12.1 Å². The normalized spacial score (nSPS) is 21.3. The number of hydrogen-bond donors (Lipinski definition) is 1. The maximum Gasteiger partial charge on any atom is 0.410 e. The molecule has 5 nitrogen and oxygen atoms in total. The molecule has 1 saturated heterocycles. The van der Waals surface area contributed by atoms with Gasteiger partial charge < -0.3 is 9.84 Å². The first kappa shape index (κ1) is 16.6. The second kappa shape index (κ2) is 6.48. The Morgan fingerprint density at radius 1 is 1.08 bits per heavy atom. The zero-order valence-corrected chi connectivity index (χ0v) is 14.6. The lowest BCUT2D eigenvalue weighted by molar-refractivity contribution is -0.142. The predicted molar refractivity (Wildman–Crippen MR) is 97.0 cm³/mol. The van der Waals surface area contributed by atoms with E-state index in [2.05, 4.69) is 24.3 Å². The van der Waals surface area contributed by atoms with Crippen molar-refractivity contribution in [1.82, 2.24) is 4.90 Å². The van der Waals surface area contributed by atoms with Crippen LogP contribution in [0.2, 0.25) is 0 Å². The van der Waals surface area contributed by atoms with Gasteiger partial charge in [-0.25, -0.2) is 9.59 Å². The average molecular weight is 351 g/mol. The van der Waals surface area contributed by atoms with E-state index < -0.39 is 18.1 Å². The van der Waals surface area contributed by atoms with Crippen molar-refractivity contribution in [2.75, 3.05) is 13.2 Å². The van der Waals surface area contributed by atoms with Gasteiger partial charge in [-0.3, -0.25) is 4.90 Å². The molecule has 1 heterocycles. The fourth-order valence-electron chi connectivity index (χ4n) is 4.21. The summed E-state index contributed by atoms with van der Waals surface area (Å²) < 4.78 is 5.58. The van der Waals surface area contributed by atoms with Gasteiger partial charge in [0.15, 0.2) is 0 Å². The molecule has 2 aromatic carbocycles. The van der Waals surface area contributed by atoms with Gasteiger partial charge in [0, 0.05) is 12.5 Å². The minimum Gasteiger partial charge on any atom is -0.480 e. The Morgan fingerprint density at radius 3 is 2.23 bits per heavy atom. The highest BCUT2D eigenvalue weighted by Gasteiger charge is 2.41. The first-order valence-corrected chi connectivity index (χ1v) is 8.92. The number of carbonyl (C=O) groups is 2. The van der Waals surface area contributed by atoms with Crippen LogP contribution in [0, 0.1) is 5.92 Å². The zero-order chi connectivity index (χ0) is 18.3. The minimum absolute atomic E-state index is 0.0188. The number of nitrogens with zero attached hydrogens (tertiary/aromatic N) is 1. The van der Waals surface area contributed by atoms with Gasteiger partial charge in [0.25, 0.3) is 0 Å². The quantitative estimate of drug-likeness (QED) is 0.915. The number of carboxylic acids is 1. The molecule has 0 bridgehead atoms. The highest BCUT2D eigenvalue weighted by Crippen LogP contribution is 2.44. The lowest BCUT2D eigenvalue weighted by Crippen LogP contribution is -2.43. The van der Waals surface area contributed by atoms with Gasteiger partial charge in [-0.1, -0.05) is 55.5 Å². The van der Waals surface area contributed by atoms with Gasteiger partial charge in [-0.15, -0.1) is 0 Å². The molecule has 2 aliphatic rings. The van der Waals surface area contributed by atoms with Gasteiger partial charge in [0.2, 0.25) is 0 Å². The first-order chi connectivity index (χ1) is 12.6. The van der Waals surface area contributed by atoms with E-state index in [4.69, 9.17) is 4.74 Å². The molecule has 0 radical (unpaired) electrons. The number of carboxylic acid groups (broad SMARTS) is 1. The standard InChI is InChI=1S/C21H21NO4/c1-13-10-11-22(19(13)20(23)24)21(25)26-12-18-16-8-4-2-6-14(16)15-7-3-5-9-17(15)18/h2-9,13,18-19H,10-12H2,1H3,(H,23,24)/t13-,19-/m1/s1. The van der Waals surface area contributed by atoms with Crippen molar-refractivity contribution in [3.05, 3.63) is 59.7 Å². The smallest absolute Gasteiger partial charge is 0.410 e. The largest absolute Gasteiger partial charge is 0.480 e. The maximum atomic E-state index is 12.5. The van der Waals surface area contributed by atoms with Gasteiger partial charge in [0.05, 0.1) is 0 Å². The molecule has 2 atom stereocenters. The molecule has 1 aliphatic carbocycles. The molecule has 0 saturated carbocycles. The monoisotopic (exact) mass is 351 g/mol. The van der Waals surface area contributed by atoms with Crippen molar-refractivity contribution in [3.63, 3.8) is 0 Å². The van der Waals surface area contributed by atoms with Crippen LogP contribution in [-0.2, 0) is 9.53 Å². The summed E-state index contributed by atoms with van der Waals surface area (Å²) in [6, 6.07) is 15.5. The van der Waals surface area contributed by atoms with Crippen molar-refractivity contribution in [2.24, 2.45) is 5.92 Å². The van der Waals surface area contributed by atoms with Crippen LogP contribution in [0.4, 0.5) is 4.79 Å². The average Bonchev–Trinajstić information content (AvgIpc) is 3.18. The fourth-order valence-corrected chi connectivity index (χ4v) is 4.21. The van der Waals surface area contributed by atoms with E-state index in [1.165, 1.54) is 16.0 Å². The number of fused-ring (bicyclic) bond motifs is 3. The summed E-state index contributed by atoms with van der Waals surface area (Å²) in [5, 5.41) is 9.39. The van der Waals surface area contributed by atoms with Crippen molar-refractivity contribution < 1.29 is 19.4 Å². The molecule has 1 N–H and O–H groups in total. The molecule has 1 fully saturated rings. The van der Waals surface area contributed by atoms with Crippen LogP contribution < -0.4 is 0 Å². The highest BCUT2D eigenvalue weighted by atomic mass is 16.6. The number of rotatable bonds is 3. The predicted octanol–water partition coefficient (Wildman–Crippen LogP) is 3.73. The molecule has 0 aromatic heterocycles. The molecule has 4 rings (SSSR count). The summed E-state index contributed by atoms with van der Waals surface area (Å²) in [5.74, 6) is -1.05. The van der Waals surface area contributed by atoms with Gasteiger partial charge in [-0.2, -0.15) is 0 Å². The van der Waals surface area contributed by atoms with Gasteiger partial charge in [-0.05, 0) is 34.6 Å². The number of aliphatic carboxylic acids is 1. The zero-order valence-electron chi connectivity index (χ0n) is 14.6. The highest BCUT2D eigenvalue weighted by molar-refractivity contribution is 5.82. The van der Waals surface area contributed by atoms with Crippen molar-refractivity contribution >= 4 is 12.1 Å². The molecule has 1 aliphatic heterocycles. The maximum absolute atomic E-state index is 12.5. The summed E-state index contributed by atoms with van der Waals surface area (Å²) in [5.41, 5.74) is 4.63. The van der Waals surface area contributed by atoms with Crippen LogP contribution in [0.5, 0.6) is 0 Å². The van der Waals surface area contributed by atoms with E-state index in [9.17, 15) is 14.7 Å². The third kappa shape index (κ3) is 2.64. The Labute approximate surface area is 152 Å². The third-order valence-electron chi connectivity index (χ3n) is 5.52. The van der Waals surface area contributed by atoms with E-state index in [0.717, 1.165) is 11.1 Å². The van der Waals surface area contributed by atoms with Crippen LogP contribution in [-0.4, -0.2) is 41.3 Å². The first-order valence-electron chi connectivity index (χ1n) is 8.92. The Kier molecular flexibility index (Phi) is 4.15. The summed E-state index contributed by atoms with van der Waals surface area (Å²) >= 11 is 0. The van der Waals surface area contributed by atoms with E-state index in [0.29, 0.717) is 13.0 Å².